The Kier molecular flexibility index (Phi) is 5.10. The first-order valence-corrected chi connectivity index (χ1v) is 5.62. The summed E-state index contributed by atoms with van der Waals surface area (Å²) in [5, 5.41) is 0. The summed E-state index contributed by atoms with van der Waals surface area (Å²) in [5.74, 6) is -1.44. The van der Waals surface area contributed by atoms with Gasteiger partial charge in [-0.1, -0.05) is 0 Å². The third-order valence-corrected chi connectivity index (χ3v) is 2.12. The first kappa shape index (κ1) is 14.0. The fourth-order valence-electron chi connectivity index (χ4n) is 1.40. The van der Waals surface area contributed by atoms with Crippen LogP contribution in [0, 0.1) is 0 Å². The van der Waals surface area contributed by atoms with Gasteiger partial charge < -0.3 is 9.47 Å². The summed E-state index contributed by atoms with van der Waals surface area (Å²) >= 11 is 0. The number of amides is 1. The zero-order valence-corrected chi connectivity index (χ0v) is 10.3. The van der Waals surface area contributed by atoms with Crippen LogP contribution in [-0.2, 0) is 23.9 Å². The minimum Gasteiger partial charge on any atom is -0.465 e. The number of carbonyl (C=O) groups is 3. The van der Waals surface area contributed by atoms with E-state index in [4.69, 9.17) is 9.47 Å². The quantitative estimate of drug-likeness (QED) is 0.523. The van der Waals surface area contributed by atoms with Crippen LogP contribution in [0.5, 0.6) is 0 Å². The molecule has 1 amide bonds. The van der Waals surface area contributed by atoms with Crippen LogP contribution < -0.4 is 0 Å². The molecule has 1 heterocycles. The molecule has 0 aromatic carbocycles. The Morgan fingerprint density at radius 2 is 1.89 bits per heavy atom. The standard InChI is InChI=1S/C12H15NO5/c1-3-17-11(15)7-9-5-6-10(14)13(9)8-12(16)18-4-2/h5-7H,3-4,8H2,1-2H3/b9-7+. The molecule has 98 valence electrons. The van der Waals surface area contributed by atoms with Crippen LogP contribution in [0.1, 0.15) is 13.8 Å². The van der Waals surface area contributed by atoms with Crippen molar-refractivity contribution < 1.29 is 23.9 Å². The second-order valence-corrected chi connectivity index (χ2v) is 3.38. The first-order chi connectivity index (χ1) is 8.58. The van der Waals surface area contributed by atoms with E-state index >= 15 is 0 Å². The molecule has 0 saturated carbocycles. The third-order valence-electron chi connectivity index (χ3n) is 2.12. The predicted molar refractivity (Wildman–Crippen MR) is 62.2 cm³/mol. The second kappa shape index (κ2) is 6.58. The van der Waals surface area contributed by atoms with E-state index in [1.165, 1.54) is 18.2 Å². The van der Waals surface area contributed by atoms with Crippen molar-refractivity contribution >= 4 is 17.8 Å². The number of nitrogens with zero attached hydrogens (tertiary/aromatic N) is 1. The average Bonchev–Trinajstić information content (AvgIpc) is 2.62. The van der Waals surface area contributed by atoms with Crippen molar-refractivity contribution in [3.05, 3.63) is 23.9 Å². The molecule has 1 rings (SSSR count). The Morgan fingerprint density at radius 1 is 1.22 bits per heavy atom. The number of hydrogen-bond donors (Lipinski definition) is 0. The molecule has 0 aromatic rings. The highest BCUT2D eigenvalue weighted by Crippen LogP contribution is 2.15. The van der Waals surface area contributed by atoms with Gasteiger partial charge in [0.05, 0.1) is 18.9 Å². The summed E-state index contributed by atoms with van der Waals surface area (Å²) in [6, 6.07) is 0. The van der Waals surface area contributed by atoms with Crippen LogP contribution >= 0.6 is 0 Å². The van der Waals surface area contributed by atoms with Crippen LogP contribution in [0.4, 0.5) is 0 Å². The molecular weight excluding hydrogens is 238 g/mol. The summed E-state index contributed by atoms with van der Waals surface area (Å²) in [5.41, 5.74) is 0.325. The summed E-state index contributed by atoms with van der Waals surface area (Å²) < 4.78 is 9.49. The Hall–Kier alpha value is -2.11. The molecular formula is C12H15NO5. The topological polar surface area (TPSA) is 72.9 Å². The normalized spacial score (nSPS) is 16.2. The lowest BCUT2D eigenvalue weighted by Crippen LogP contribution is -2.31. The second-order valence-electron chi connectivity index (χ2n) is 3.38. The van der Waals surface area contributed by atoms with Crippen molar-refractivity contribution in [2.24, 2.45) is 0 Å². The van der Waals surface area contributed by atoms with E-state index in [0.29, 0.717) is 5.70 Å². The third kappa shape index (κ3) is 3.73. The molecule has 0 aromatic heterocycles. The summed E-state index contributed by atoms with van der Waals surface area (Å²) in [7, 11) is 0. The van der Waals surface area contributed by atoms with Crippen molar-refractivity contribution in [1.29, 1.82) is 0 Å². The molecule has 0 bridgehead atoms. The molecule has 6 heteroatoms. The number of rotatable bonds is 5. The van der Waals surface area contributed by atoms with Crippen LogP contribution in [0.2, 0.25) is 0 Å². The number of carbonyl (C=O) groups excluding carboxylic acids is 3. The minimum atomic E-state index is -0.555. The van der Waals surface area contributed by atoms with E-state index in [2.05, 4.69) is 0 Å². The molecule has 0 N–H and O–H groups in total. The highest BCUT2D eigenvalue weighted by Gasteiger charge is 2.24. The van der Waals surface area contributed by atoms with E-state index in [-0.39, 0.29) is 25.7 Å². The van der Waals surface area contributed by atoms with E-state index in [0.717, 1.165) is 4.90 Å². The molecule has 0 unspecified atom stereocenters. The van der Waals surface area contributed by atoms with Gasteiger partial charge in [-0.15, -0.1) is 0 Å². The summed E-state index contributed by atoms with van der Waals surface area (Å²) in [6.07, 6.45) is 3.91. The Bertz CT molecular complexity index is 411. The highest BCUT2D eigenvalue weighted by molar-refractivity contribution is 5.97. The number of hydrogen-bond acceptors (Lipinski definition) is 5. The molecule has 0 atom stereocenters. The molecule has 6 nitrogen and oxygen atoms in total. The van der Waals surface area contributed by atoms with Crippen LogP contribution in [0.25, 0.3) is 0 Å². The lowest BCUT2D eigenvalue weighted by Gasteiger charge is -2.16. The van der Waals surface area contributed by atoms with Gasteiger partial charge in [0.25, 0.3) is 5.91 Å². The van der Waals surface area contributed by atoms with Gasteiger partial charge in [0.2, 0.25) is 0 Å². The van der Waals surface area contributed by atoms with Gasteiger partial charge in [-0.25, -0.2) is 4.79 Å². The van der Waals surface area contributed by atoms with Crippen molar-refractivity contribution in [3.63, 3.8) is 0 Å². The first-order valence-electron chi connectivity index (χ1n) is 5.62. The highest BCUT2D eigenvalue weighted by atomic mass is 16.5. The van der Waals surface area contributed by atoms with E-state index in [9.17, 15) is 14.4 Å². The van der Waals surface area contributed by atoms with Gasteiger partial charge in [0, 0.05) is 12.2 Å². The van der Waals surface area contributed by atoms with Crippen LogP contribution in [0.3, 0.4) is 0 Å². The Balaban J connectivity index is 2.72. The van der Waals surface area contributed by atoms with Crippen molar-refractivity contribution in [2.45, 2.75) is 13.8 Å². The summed E-state index contributed by atoms with van der Waals surface area (Å²) in [6.45, 7) is 3.63. The molecule has 18 heavy (non-hydrogen) atoms. The minimum absolute atomic E-state index is 0.217. The van der Waals surface area contributed by atoms with Gasteiger partial charge in [-0.2, -0.15) is 0 Å². The van der Waals surface area contributed by atoms with Crippen LogP contribution in [0.15, 0.2) is 23.9 Å². The molecule has 0 radical (unpaired) electrons. The van der Waals surface area contributed by atoms with Crippen molar-refractivity contribution in [2.75, 3.05) is 19.8 Å². The lowest BCUT2D eigenvalue weighted by molar-refractivity contribution is -0.146. The monoisotopic (exact) mass is 253 g/mol. The molecule has 1 aliphatic rings. The van der Waals surface area contributed by atoms with E-state index < -0.39 is 11.9 Å². The Labute approximate surface area is 105 Å². The molecule has 0 fully saturated rings. The maximum absolute atomic E-state index is 11.5. The molecule has 0 saturated heterocycles. The maximum Gasteiger partial charge on any atom is 0.332 e. The van der Waals surface area contributed by atoms with Gasteiger partial charge in [0.15, 0.2) is 0 Å². The maximum atomic E-state index is 11.5. The van der Waals surface area contributed by atoms with Gasteiger partial charge in [0.1, 0.15) is 6.54 Å². The van der Waals surface area contributed by atoms with Gasteiger partial charge >= 0.3 is 11.9 Å². The smallest absolute Gasteiger partial charge is 0.332 e. The fraction of sp³-hybridized carbons (Fsp3) is 0.417. The molecule has 0 spiro atoms. The predicted octanol–water partition coefficient (Wildman–Crippen LogP) is 0.395. The number of esters is 2. The van der Waals surface area contributed by atoms with E-state index in [1.54, 1.807) is 13.8 Å². The average molecular weight is 253 g/mol. The molecule has 0 aliphatic carbocycles. The number of allylic oxidation sites excluding steroid dienone is 1. The zero-order valence-electron chi connectivity index (χ0n) is 10.3. The van der Waals surface area contributed by atoms with Gasteiger partial charge in [-0.05, 0) is 19.9 Å². The largest absolute Gasteiger partial charge is 0.465 e. The van der Waals surface area contributed by atoms with Crippen molar-refractivity contribution in [3.8, 4) is 0 Å². The summed E-state index contributed by atoms with van der Waals surface area (Å²) in [4.78, 5) is 35.3. The molecule has 1 aliphatic heterocycles. The zero-order chi connectivity index (χ0) is 13.5. The Morgan fingerprint density at radius 3 is 2.50 bits per heavy atom. The number of ether oxygens (including phenoxy) is 2. The van der Waals surface area contributed by atoms with Crippen molar-refractivity contribution in [1.82, 2.24) is 4.90 Å². The SMILES string of the molecule is CCOC(=O)/C=C1\C=CC(=O)N1CC(=O)OCC. The van der Waals surface area contributed by atoms with Crippen LogP contribution in [-0.4, -0.2) is 42.5 Å². The fourth-order valence-corrected chi connectivity index (χ4v) is 1.40. The van der Waals surface area contributed by atoms with E-state index in [1.807, 2.05) is 0 Å². The lowest BCUT2D eigenvalue weighted by atomic mass is 10.3. The van der Waals surface area contributed by atoms with Gasteiger partial charge in [-0.3, -0.25) is 14.5 Å².